The summed E-state index contributed by atoms with van der Waals surface area (Å²) in [7, 11) is 1.75. The normalized spacial score (nSPS) is 19.6. The van der Waals surface area contributed by atoms with Gasteiger partial charge in [0.15, 0.2) is 0 Å². The number of carbonyl (C=O) groups is 2. The number of amides is 2. The predicted octanol–water partition coefficient (Wildman–Crippen LogP) is 3.37. The summed E-state index contributed by atoms with van der Waals surface area (Å²) in [5, 5.41) is 10.1. The Morgan fingerprint density at radius 2 is 1.76 bits per heavy atom. The van der Waals surface area contributed by atoms with Crippen LogP contribution < -0.4 is 0 Å². The van der Waals surface area contributed by atoms with E-state index in [0.29, 0.717) is 0 Å². The zero-order chi connectivity index (χ0) is 20.8. The highest BCUT2D eigenvalue weighted by Gasteiger charge is 2.42. The number of hydrogen-bond acceptors (Lipinski definition) is 4. The van der Waals surface area contributed by atoms with Crippen molar-refractivity contribution >= 4 is 12.0 Å². The Labute approximate surface area is 171 Å². The summed E-state index contributed by atoms with van der Waals surface area (Å²) in [6, 6.07) is 18.4. The topological polar surface area (TPSA) is 70.1 Å². The van der Waals surface area contributed by atoms with Gasteiger partial charge in [-0.15, -0.1) is 0 Å². The van der Waals surface area contributed by atoms with Crippen molar-refractivity contribution in [1.82, 2.24) is 9.80 Å². The van der Waals surface area contributed by atoms with Gasteiger partial charge in [-0.1, -0.05) is 67.6 Å². The van der Waals surface area contributed by atoms with Crippen molar-refractivity contribution in [1.29, 1.82) is 0 Å². The van der Waals surface area contributed by atoms with E-state index in [0.717, 1.165) is 17.5 Å². The van der Waals surface area contributed by atoms with Gasteiger partial charge in [-0.05, 0) is 17.5 Å². The van der Waals surface area contributed by atoms with Crippen LogP contribution in [0, 0.1) is 0 Å². The summed E-state index contributed by atoms with van der Waals surface area (Å²) in [6.07, 6.45) is -0.349. The van der Waals surface area contributed by atoms with Gasteiger partial charge >= 0.3 is 6.09 Å². The molecule has 0 radical (unpaired) electrons. The van der Waals surface area contributed by atoms with Gasteiger partial charge in [0, 0.05) is 13.5 Å². The molecule has 1 saturated heterocycles. The van der Waals surface area contributed by atoms with Gasteiger partial charge in [0.25, 0.3) is 0 Å². The molecule has 154 valence electrons. The van der Waals surface area contributed by atoms with Crippen molar-refractivity contribution in [2.75, 3.05) is 13.6 Å². The van der Waals surface area contributed by atoms with Crippen LogP contribution in [0.3, 0.4) is 0 Å². The van der Waals surface area contributed by atoms with Gasteiger partial charge in [-0.2, -0.15) is 0 Å². The van der Waals surface area contributed by atoms with E-state index in [4.69, 9.17) is 4.74 Å². The molecule has 1 fully saturated rings. The summed E-state index contributed by atoms with van der Waals surface area (Å²) in [5.74, 6) is -0.186. The SMILES string of the molecule is CCC(c1ccccc1)N(C)C(=O)[C@@H]1CC(O)CN1C(=O)OCc1ccccc1. The molecule has 3 rings (SSSR count). The Hall–Kier alpha value is -2.86. The van der Waals surface area contributed by atoms with Crippen LogP contribution in [-0.4, -0.2) is 52.6 Å². The molecule has 0 bridgehead atoms. The largest absolute Gasteiger partial charge is 0.445 e. The number of hydrogen-bond donors (Lipinski definition) is 1. The van der Waals surface area contributed by atoms with Crippen LogP contribution in [0.2, 0.25) is 0 Å². The quantitative estimate of drug-likeness (QED) is 0.813. The number of β-amino-alcohol motifs (C(OH)–C–C–N with tert-alkyl or cyclic N) is 1. The van der Waals surface area contributed by atoms with E-state index in [1.54, 1.807) is 11.9 Å². The van der Waals surface area contributed by atoms with Crippen molar-refractivity contribution < 1.29 is 19.4 Å². The van der Waals surface area contributed by atoms with Crippen molar-refractivity contribution in [2.24, 2.45) is 0 Å². The number of rotatable bonds is 6. The number of carbonyl (C=O) groups excluding carboxylic acids is 2. The van der Waals surface area contributed by atoms with Crippen LogP contribution in [0.5, 0.6) is 0 Å². The number of likely N-dealkylation sites (tertiary alicyclic amines) is 1. The molecule has 1 heterocycles. The number of ether oxygens (including phenoxy) is 1. The molecule has 1 aliphatic rings. The summed E-state index contributed by atoms with van der Waals surface area (Å²) in [6.45, 7) is 2.25. The zero-order valence-corrected chi connectivity index (χ0v) is 16.9. The molecule has 1 aliphatic heterocycles. The second-order valence-corrected chi connectivity index (χ2v) is 7.38. The second kappa shape index (κ2) is 9.56. The number of likely N-dealkylation sites (N-methyl/N-ethyl adjacent to an activating group) is 1. The van der Waals surface area contributed by atoms with Gasteiger partial charge < -0.3 is 14.7 Å². The van der Waals surface area contributed by atoms with Crippen LogP contribution in [-0.2, 0) is 16.1 Å². The Bertz CT molecular complexity index is 812. The molecule has 0 aromatic heterocycles. The maximum atomic E-state index is 13.2. The van der Waals surface area contributed by atoms with E-state index in [1.165, 1.54) is 4.90 Å². The Morgan fingerprint density at radius 3 is 2.38 bits per heavy atom. The van der Waals surface area contributed by atoms with Crippen LogP contribution in [0.4, 0.5) is 4.79 Å². The van der Waals surface area contributed by atoms with E-state index in [2.05, 4.69) is 0 Å². The van der Waals surface area contributed by atoms with Crippen LogP contribution >= 0.6 is 0 Å². The minimum atomic E-state index is -0.738. The minimum Gasteiger partial charge on any atom is -0.445 e. The first kappa shape index (κ1) is 20.9. The molecule has 29 heavy (non-hydrogen) atoms. The van der Waals surface area contributed by atoms with Gasteiger partial charge in [0.1, 0.15) is 12.6 Å². The number of nitrogens with zero attached hydrogens (tertiary/aromatic N) is 2. The van der Waals surface area contributed by atoms with Crippen LogP contribution in [0.15, 0.2) is 60.7 Å². The maximum Gasteiger partial charge on any atom is 0.410 e. The molecule has 0 saturated carbocycles. The average Bonchev–Trinajstić information content (AvgIpc) is 3.15. The van der Waals surface area contributed by atoms with E-state index < -0.39 is 18.2 Å². The molecule has 2 aromatic carbocycles. The fraction of sp³-hybridized carbons (Fsp3) is 0.391. The van der Waals surface area contributed by atoms with Gasteiger partial charge in [0.2, 0.25) is 5.91 Å². The smallest absolute Gasteiger partial charge is 0.410 e. The van der Waals surface area contributed by atoms with Crippen molar-refractivity contribution in [3.05, 3.63) is 71.8 Å². The molecule has 6 nitrogen and oxygen atoms in total. The van der Waals surface area contributed by atoms with Gasteiger partial charge in [-0.3, -0.25) is 9.69 Å². The molecule has 0 aliphatic carbocycles. The lowest BCUT2D eigenvalue weighted by Gasteiger charge is -2.32. The summed E-state index contributed by atoms with van der Waals surface area (Å²) in [4.78, 5) is 28.9. The molecule has 2 aromatic rings. The highest BCUT2D eigenvalue weighted by atomic mass is 16.6. The molecular weight excluding hydrogens is 368 g/mol. The van der Waals surface area contributed by atoms with Crippen molar-refractivity contribution in [3.8, 4) is 0 Å². The number of benzene rings is 2. The molecule has 2 unspecified atom stereocenters. The first-order valence-corrected chi connectivity index (χ1v) is 9.98. The third-order valence-corrected chi connectivity index (χ3v) is 5.39. The predicted molar refractivity (Wildman–Crippen MR) is 110 cm³/mol. The summed E-state index contributed by atoms with van der Waals surface area (Å²) >= 11 is 0. The lowest BCUT2D eigenvalue weighted by atomic mass is 10.0. The third kappa shape index (κ3) is 4.95. The molecule has 3 atom stereocenters. The average molecular weight is 396 g/mol. The Balaban J connectivity index is 1.69. The molecule has 0 spiro atoms. The van der Waals surface area contributed by atoms with Crippen molar-refractivity contribution in [3.63, 3.8) is 0 Å². The lowest BCUT2D eigenvalue weighted by molar-refractivity contribution is -0.136. The summed E-state index contributed by atoms with van der Waals surface area (Å²) < 4.78 is 5.40. The van der Waals surface area contributed by atoms with Crippen LogP contribution in [0.25, 0.3) is 0 Å². The minimum absolute atomic E-state index is 0.0939. The Kier molecular flexibility index (Phi) is 6.88. The fourth-order valence-electron chi connectivity index (χ4n) is 3.85. The first-order chi connectivity index (χ1) is 14.0. The molecular formula is C23H28N2O4. The van der Waals surface area contributed by atoms with E-state index in [-0.39, 0.29) is 31.5 Å². The van der Waals surface area contributed by atoms with E-state index in [9.17, 15) is 14.7 Å². The fourth-order valence-corrected chi connectivity index (χ4v) is 3.85. The maximum absolute atomic E-state index is 13.2. The first-order valence-electron chi connectivity index (χ1n) is 9.98. The molecule has 2 amide bonds. The van der Waals surface area contributed by atoms with Crippen LogP contribution in [0.1, 0.15) is 36.9 Å². The van der Waals surface area contributed by atoms with E-state index in [1.807, 2.05) is 67.6 Å². The zero-order valence-electron chi connectivity index (χ0n) is 16.9. The highest BCUT2D eigenvalue weighted by Crippen LogP contribution is 2.27. The van der Waals surface area contributed by atoms with E-state index >= 15 is 0 Å². The van der Waals surface area contributed by atoms with Crippen molar-refractivity contribution in [2.45, 2.75) is 44.6 Å². The molecule has 6 heteroatoms. The standard InChI is InChI=1S/C23H28N2O4/c1-3-20(18-12-8-5-9-13-18)24(2)22(27)21-14-19(26)15-25(21)23(28)29-16-17-10-6-4-7-11-17/h4-13,19-21,26H,3,14-16H2,1-2H3/t19?,20?,21-/m0/s1. The number of aliphatic hydroxyl groups excluding tert-OH is 1. The Morgan fingerprint density at radius 1 is 1.14 bits per heavy atom. The monoisotopic (exact) mass is 396 g/mol. The van der Waals surface area contributed by atoms with Gasteiger partial charge in [-0.25, -0.2) is 4.79 Å². The number of aliphatic hydroxyl groups is 1. The third-order valence-electron chi connectivity index (χ3n) is 5.39. The summed E-state index contributed by atoms with van der Waals surface area (Å²) in [5.41, 5.74) is 1.92. The second-order valence-electron chi connectivity index (χ2n) is 7.38. The van der Waals surface area contributed by atoms with Gasteiger partial charge in [0.05, 0.1) is 18.7 Å². The lowest BCUT2D eigenvalue weighted by Crippen LogP contribution is -2.47. The highest BCUT2D eigenvalue weighted by molar-refractivity contribution is 5.86. The molecule has 1 N–H and O–H groups in total.